The van der Waals surface area contributed by atoms with Gasteiger partial charge in [-0.3, -0.25) is 14.5 Å². The molecule has 8 heteroatoms. The molecule has 3 heterocycles. The monoisotopic (exact) mass is 439 g/mol. The molecule has 1 aromatic heterocycles. The van der Waals surface area contributed by atoms with E-state index in [0.29, 0.717) is 38.5 Å². The first kappa shape index (κ1) is 18.8. The van der Waals surface area contributed by atoms with Crippen LogP contribution in [-0.2, 0) is 11.3 Å². The Labute approximate surface area is 181 Å². The Morgan fingerprint density at radius 2 is 1.80 bits per heavy atom. The largest absolute Gasteiger partial charge is 0.457 e. The van der Waals surface area contributed by atoms with Crippen molar-refractivity contribution in [2.45, 2.75) is 6.54 Å². The van der Waals surface area contributed by atoms with Gasteiger partial charge >= 0.3 is 0 Å². The number of carbonyl (C=O) groups excluding carboxylic acids is 2. The smallest absolute Gasteiger partial charge is 0.293 e. The molecule has 3 aromatic rings. The summed E-state index contributed by atoms with van der Waals surface area (Å²) in [5, 5.41) is 0.0376. The lowest BCUT2D eigenvalue weighted by atomic mass is 10.2. The van der Waals surface area contributed by atoms with Gasteiger partial charge in [0.15, 0.2) is 11.5 Å². The van der Waals surface area contributed by atoms with Crippen molar-refractivity contribution in [2.75, 3.05) is 6.79 Å². The van der Waals surface area contributed by atoms with E-state index in [9.17, 15) is 9.59 Å². The van der Waals surface area contributed by atoms with Gasteiger partial charge in [0.2, 0.25) is 6.79 Å². The number of furan rings is 1. The van der Waals surface area contributed by atoms with Crippen LogP contribution in [0.15, 0.2) is 63.9 Å². The topological polar surface area (TPSA) is 69.0 Å². The zero-order chi connectivity index (χ0) is 20.7. The first-order valence-electron chi connectivity index (χ1n) is 9.07. The van der Waals surface area contributed by atoms with Crippen molar-refractivity contribution in [2.24, 2.45) is 0 Å². The number of hydrogen-bond donors (Lipinski definition) is 0. The molecule has 0 spiro atoms. The third-order valence-electron chi connectivity index (χ3n) is 4.70. The summed E-state index contributed by atoms with van der Waals surface area (Å²) in [7, 11) is 0. The number of carbonyl (C=O) groups is 2. The van der Waals surface area contributed by atoms with Crippen molar-refractivity contribution in [3.8, 4) is 22.8 Å². The lowest BCUT2D eigenvalue weighted by Gasteiger charge is -2.14. The van der Waals surface area contributed by atoms with E-state index < -0.39 is 5.91 Å². The van der Waals surface area contributed by atoms with Crippen LogP contribution in [0.5, 0.6) is 11.5 Å². The Balaban J connectivity index is 1.37. The highest BCUT2D eigenvalue weighted by molar-refractivity contribution is 8.18. The number of rotatable bonds is 4. The van der Waals surface area contributed by atoms with Crippen LogP contribution in [0.25, 0.3) is 17.4 Å². The van der Waals surface area contributed by atoms with Crippen LogP contribution in [0.2, 0.25) is 5.02 Å². The normalized spacial score (nSPS) is 16.7. The summed E-state index contributed by atoms with van der Waals surface area (Å²) in [5.41, 5.74) is 1.54. The fourth-order valence-corrected chi connectivity index (χ4v) is 4.24. The first-order valence-corrected chi connectivity index (χ1v) is 10.3. The summed E-state index contributed by atoms with van der Waals surface area (Å²) in [5.74, 6) is 1.89. The molecule has 2 aliphatic rings. The number of fused-ring (bicyclic) bond motifs is 1. The van der Waals surface area contributed by atoms with Gasteiger partial charge in [0.1, 0.15) is 11.5 Å². The molecule has 0 bridgehead atoms. The van der Waals surface area contributed by atoms with Gasteiger partial charge in [-0.2, -0.15) is 0 Å². The minimum Gasteiger partial charge on any atom is -0.457 e. The molecular weight excluding hydrogens is 426 g/mol. The molecule has 0 unspecified atom stereocenters. The lowest BCUT2D eigenvalue weighted by molar-refractivity contribution is -0.123. The predicted molar refractivity (Wildman–Crippen MR) is 113 cm³/mol. The highest BCUT2D eigenvalue weighted by atomic mass is 35.5. The molecular formula is C22H14ClNO5S. The third kappa shape index (κ3) is 3.46. The van der Waals surface area contributed by atoms with Crippen LogP contribution in [0.1, 0.15) is 11.3 Å². The molecule has 0 atom stereocenters. The van der Waals surface area contributed by atoms with Crippen LogP contribution >= 0.6 is 23.4 Å². The summed E-state index contributed by atoms with van der Waals surface area (Å²) >= 11 is 7.16. The highest BCUT2D eigenvalue weighted by Crippen LogP contribution is 2.39. The molecule has 1 saturated heterocycles. The molecule has 0 aliphatic carbocycles. The molecule has 5 rings (SSSR count). The minimum atomic E-state index is -0.392. The molecule has 6 nitrogen and oxygen atoms in total. The fraction of sp³-hybridized carbons (Fsp3) is 0.0909. The molecule has 2 amide bonds. The van der Waals surface area contributed by atoms with Gasteiger partial charge in [0, 0.05) is 22.7 Å². The van der Waals surface area contributed by atoms with Gasteiger partial charge < -0.3 is 13.9 Å². The summed E-state index contributed by atoms with van der Waals surface area (Å²) in [4.78, 5) is 26.7. The number of imide groups is 1. The van der Waals surface area contributed by atoms with Crippen molar-refractivity contribution in [3.63, 3.8) is 0 Å². The number of thioether (sulfide) groups is 1. The van der Waals surface area contributed by atoms with Gasteiger partial charge in [-0.05, 0) is 35.5 Å². The summed E-state index contributed by atoms with van der Waals surface area (Å²) < 4.78 is 16.5. The number of benzene rings is 2. The number of hydrogen-bond acceptors (Lipinski definition) is 6. The van der Waals surface area contributed by atoms with E-state index in [-0.39, 0.29) is 18.6 Å². The molecule has 0 radical (unpaired) electrons. The van der Waals surface area contributed by atoms with Crippen molar-refractivity contribution >= 4 is 40.6 Å². The van der Waals surface area contributed by atoms with Crippen molar-refractivity contribution in [3.05, 3.63) is 75.8 Å². The Kier molecular flexibility index (Phi) is 4.77. The average Bonchev–Trinajstić information content (AvgIpc) is 3.45. The van der Waals surface area contributed by atoms with Crippen LogP contribution in [0.3, 0.4) is 0 Å². The summed E-state index contributed by atoms with van der Waals surface area (Å²) in [6, 6.07) is 16.6. The van der Waals surface area contributed by atoms with Crippen LogP contribution in [0, 0.1) is 0 Å². The Morgan fingerprint density at radius 1 is 1.03 bits per heavy atom. The maximum atomic E-state index is 12.8. The minimum absolute atomic E-state index is 0.0465. The van der Waals surface area contributed by atoms with E-state index >= 15 is 0 Å². The SMILES string of the molecule is O=C1SC(=Cc2ccc(-c3ccccc3)o2)C(=O)N1Cc1cc2c(cc1Cl)OCO2. The van der Waals surface area contributed by atoms with Gasteiger partial charge in [-0.1, -0.05) is 41.9 Å². The Morgan fingerprint density at radius 3 is 2.60 bits per heavy atom. The third-order valence-corrected chi connectivity index (χ3v) is 5.96. The fourth-order valence-electron chi connectivity index (χ4n) is 3.20. The average molecular weight is 440 g/mol. The van der Waals surface area contributed by atoms with Gasteiger partial charge in [-0.15, -0.1) is 0 Å². The highest BCUT2D eigenvalue weighted by Gasteiger charge is 2.36. The van der Waals surface area contributed by atoms with E-state index in [1.807, 2.05) is 36.4 Å². The van der Waals surface area contributed by atoms with Crippen LogP contribution in [-0.4, -0.2) is 22.8 Å². The van der Waals surface area contributed by atoms with Crippen molar-refractivity contribution in [1.29, 1.82) is 0 Å². The van der Waals surface area contributed by atoms with Crippen molar-refractivity contribution < 1.29 is 23.5 Å². The van der Waals surface area contributed by atoms with E-state index in [4.69, 9.17) is 25.5 Å². The number of nitrogens with zero attached hydrogens (tertiary/aromatic N) is 1. The number of amides is 2. The second kappa shape index (κ2) is 7.59. The zero-order valence-corrected chi connectivity index (χ0v) is 17.0. The standard InChI is InChI=1S/C22H14ClNO5S/c23-16-10-19-18(27-12-28-19)8-14(16)11-24-21(25)20(30-22(24)26)9-15-6-7-17(29-15)13-4-2-1-3-5-13/h1-10H,11-12H2. The second-order valence-electron chi connectivity index (χ2n) is 6.63. The molecule has 0 saturated carbocycles. The molecule has 0 N–H and O–H groups in total. The molecule has 1 fully saturated rings. The van der Waals surface area contributed by atoms with E-state index in [0.717, 1.165) is 22.2 Å². The lowest BCUT2D eigenvalue weighted by Crippen LogP contribution is -2.27. The zero-order valence-electron chi connectivity index (χ0n) is 15.5. The van der Waals surface area contributed by atoms with E-state index in [2.05, 4.69) is 0 Å². The summed E-state index contributed by atoms with van der Waals surface area (Å²) in [6.45, 7) is 0.165. The predicted octanol–water partition coefficient (Wildman–Crippen LogP) is 5.57. The van der Waals surface area contributed by atoms with Gasteiger partial charge in [-0.25, -0.2) is 0 Å². The molecule has 30 heavy (non-hydrogen) atoms. The van der Waals surface area contributed by atoms with E-state index in [1.165, 1.54) is 0 Å². The van der Waals surface area contributed by atoms with Crippen molar-refractivity contribution in [1.82, 2.24) is 4.90 Å². The maximum Gasteiger partial charge on any atom is 0.293 e. The quantitative estimate of drug-likeness (QED) is 0.495. The number of halogens is 1. The first-order chi connectivity index (χ1) is 14.6. The number of ether oxygens (including phenoxy) is 2. The Hall–Kier alpha value is -3.16. The molecule has 150 valence electrons. The van der Waals surface area contributed by atoms with Gasteiger partial charge in [0.25, 0.3) is 11.1 Å². The second-order valence-corrected chi connectivity index (χ2v) is 8.03. The van der Waals surface area contributed by atoms with Crippen LogP contribution in [0.4, 0.5) is 4.79 Å². The summed E-state index contributed by atoms with van der Waals surface area (Å²) in [6.07, 6.45) is 1.58. The van der Waals surface area contributed by atoms with Gasteiger partial charge in [0.05, 0.1) is 11.4 Å². The molecule has 2 aliphatic heterocycles. The van der Waals surface area contributed by atoms with E-state index in [1.54, 1.807) is 24.3 Å². The van der Waals surface area contributed by atoms with Crippen LogP contribution < -0.4 is 9.47 Å². The molecule has 2 aromatic carbocycles. The maximum absolute atomic E-state index is 12.8. The Bertz CT molecular complexity index is 1190.